The van der Waals surface area contributed by atoms with E-state index >= 15 is 0 Å². The van der Waals surface area contributed by atoms with E-state index in [1.165, 1.54) is 16.7 Å². The van der Waals surface area contributed by atoms with Crippen molar-refractivity contribution in [3.8, 4) is 5.75 Å². The van der Waals surface area contributed by atoms with E-state index < -0.39 is 28.5 Å². The molecular weight excluding hydrogens is 571 g/mol. The standard InChI is InChI=1S/C32H41N3O5S2/c1-7-30(32(37)33-23(3)4)34(21-25-11-9-24(5)10-12-25)31(36)22-35(26-13-15-27(16-14-26)40-8-2)42(38,39)29-19-17-28(41-6)18-20-29/h9-20,23,30H,7-8,21-22H2,1-6H3,(H,33,37)/t30-/m0/s1. The number of sulfonamides is 1. The molecule has 0 aliphatic heterocycles. The van der Waals surface area contributed by atoms with Crippen LogP contribution < -0.4 is 14.4 Å². The summed E-state index contributed by atoms with van der Waals surface area (Å²) in [5, 5.41) is 2.91. The van der Waals surface area contributed by atoms with Gasteiger partial charge in [-0.3, -0.25) is 13.9 Å². The van der Waals surface area contributed by atoms with Crippen molar-refractivity contribution < 1.29 is 22.7 Å². The van der Waals surface area contributed by atoms with Gasteiger partial charge in [0.1, 0.15) is 18.3 Å². The number of rotatable bonds is 14. The van der Waals surface area contributed by atoms with E-state index in [9.17, 15) is 18.0 Å². The summed E-state index contributed by atoms with van der Waals surface area (Å²) in [6.07, 6.45) is 2.28. The van der Waals surface area contributed by atoms with Crippen LogP contribution in [0.25, 0.3) is 0 Å². The van der Waals surface area contributed by atoms with Crippen molar-refractivity contribution in [2.45, 2.75) is 69.5 Å². The Morgan fingerprint density at radius 1 is 0.929 bits per heavy atom. The Morgan fingerprint density at radius 2 is 1.55 bits per heavy atom. The van der Waals surface area contributed by atoms with E-state index in [1.54, 1.807) is 48.5 Å². The number of thioether (sulfide) groups is 1. The molecule has 226 valence electrons. The van der Waals surface area contributed by atoms with Crippen LogP contribution in [0.4, 0.5) is 5.69 Å². The number of carbonyl (C=O) groups is 2. The molecule has 0 saturated carbocycles. The average molecular weight is 612 g/mol. The number of nitrogens with zero attached hydrogens (tertiary/aromatic N) is 2. The Kier molecular flexibility index (Phi) is 11.9. The highest BCUT2D eigenvalue weighted by Crippen LogP contribution is 2.28. The molecule has 0 saturated heterocycles. The molecule has 0 bridgehead atoms. The molecule has 3 rings (SSSR count). The van der Waals surface area contributed by atoms with Crippen LogP contribution in [0.15, 0.2) is 82.6 Å². The molecule has 0 aliphatic carbocycles. The minimum Gasteiger partial charge on any atom is -0.494 e. The first-order valence-corrected chi connectivity index (χ1v) is 16.7. The maximum absolute atomic E-state index is 14.1. The highest BCUT2D eigenvalue weighted by Gasteiger charge is 2.34. The summed E-state index contributed by atoms with van der Waals surface area (Å²) < 4.78 is 34.8. The van der Waals surface area contributed by atoms with Crippen molar-refractivity contribution in [1.29, 1.82) is 0 Å². The van der Waals surface area contributed by atoms with Crippen molar-refractivity contribution in [2.24, 2.45) is 0 Å². The summed E-state index contributed by atoms with van der Waals surface area (Å²) in [5.41, 5.74) is 2.23. The smallest absolute Gasteiger partial charge is 0.264 e. The SMILES string of the molecule is CCOc1ccc(N(CC(=O)N(Cc2ccc(C)cc2)[C@@H](CC)C(=O)NC(C)C)S(=O)(=O)c2ccc(SC)cc2)cc1. The number of anilines is 1. The summed E-state index contributed by atoms with van der Waals surface area (Å²) in [4.78, 5) is 29.9. The van der Waals surface area contributed by atoms with Gasteiger partial charge in [-0.25, -0.2) is 8.42 Å². The van der Waals surface area contributed by atoms with Crippen LogP contribution in [0.3, 0.4) is 0 Å². The van der Waals surface area contributed by atoms with E-state index in [0.29, 0.717) is 24.5 Å². The number of hydrogen-bond acceptors (Lipinski definition) is 6. The number of aryl methyl sites for hydroxylation is 1. The first kappa shape index (κ1) is 33.0. The third-order valence-electron chi connectivity index (χ3n) is 6.65. The molecule has 0 unspecified atom stereocenters. The predicted molar refractivity (Wildman–Crippen MR) is 169 cm³/mol. The predicted octanol–water partition coefficient (Wildman–Crippen LogP) is 5.64. The maximum atomic E-state index is 14.1. The van der Waals surface area contributed by atoms with Gasteiger partial charge in [-0.05, 0) is 94.5 Å². The van der Waals surface area contributed by atoms with E-state index in [-0.39, 0.29) is 23.4 Å². The Labute approximate surface area is 254 Å². The quantitative estimate of drug-likeness (QED) is 0.237. The van der Waals surface area contributed by atoms with E-state index in [4.69, 9.17) is 4.74 Å². The molecule has 1 atom stereocenters. The average Bonchev–Trinajstić information content (AvgIpc) is 2.97. The van der Waals surface area contributed by atoms with Crippen LogP contribution in [0.1, 0.15) is 45.2 Å². The fraction of sp³-hybridized carbons (Fsp3) is 0.375. The zero-order valence-electron chi connectivity index (χ0n) is 25.2. The highest BCUT2D eigenvalue weighted by atomic mass is 32.2. The summed E-state index contributed by atoms with van der Waals surface area (Å²) in [5.74, 6) is -0.178. The second kappa shape index (κ2) is 15.1. The summed E-state index contributed by atoms with van der Waals surface area (Å²) in [7, 11) is -4.15. The number of nitrogens with one attached hydrogen (secondary N) is 1. The fourth-order valence-corrected chi connectivity index (χ4v) is 6.29. The molecule has 42 heavy (non-hydrogen) atoms. The maximum Gasteiger partial charge on any atom is 0.264 e. The topological polar surface area (TPSA) is 96.0 Å². The second-order valence-electron chi connectivity index (χ2n) is 10.2. The third-order valence-corrected chi connectivity index (χ3v) is 9.18. The zero-order chi connectivity index (χ0) is 30.9. The van der Waals surface area contributed by atoms with Gasteiger partial charge >= 0.3 is 0 Å². The van der Waals surface area contributed by atoms with Crippen LogP contribution in [0.2, 0.25) is 0 Å². The Hall–Kier alpha value is -3.50. The van der Waals surface area contributed by atoms with Crippen molar-refractivity contribution in [3.63, 3.8) is 0 Å². The van der Waals surface area contributed by atoms with Gasteiger partial charge in [-0.2, -0.15) is 0 Å². The molecule has 0 aromatic heterocycles. The summed E-state index contributed by atoms with van der Waals surface area (Å²) in [6.45, 7) is 9.53. The van der Waals surface area contributed by atoms with Gasteiger partial charge in [-0.15, -0.1) is 11.8 Å². The molecule has 3 aromatic carbocycles. The second-order valence-corrected chi connectivity index (χ2v) is 13.0. The highest BCUT2D eigenvalue weighted by molar-refractivity contribution is 7.98. The lowest BCUT2D eigenvalue weighted by Gasteiger charge is -2.33. The van der Waals surface area contributed by atoms with Gasteiger partial charge in [-0.1, -0.05) is 36.8 Å². The van der Waals surface area contributed by atoms with Gasteiger partial charge in [0.05, 0.1) is 17.2 Å². The largest absolute Gasteiger partial charge is 0.494 e. The number of carbonyl (C=O) groups excluding carboxylic acids is 2. The van der Waals surface area contributed by atoms with Crippen LogP contribution in [0.5, 0.6) is 5.75 Å². The number of ether oxygens (including phenoxy) is 1. The van der Waals surface area contributed by atoms with Crippen molar-refractivity contribution in [3.05, 3.63) is 83.9 Å². The monoisotopic (exact) mass is 611 g/mol. The lowest BCUT2D eigenvalue weighted by atomic mass is 10.1. The molecule has 3 aromatic rings. The van der Waals surface area contributed by atoms with Crippen molar-refractivity contribution in [2.75, 3.05) is 23.7 Å². The van der Waals surface area contributed by atoms with Gasteiger partial charge < -0.3 is 15.0 Å². The summed E-state index contributed by atoms with van der Waals surface area (Å²) in [6, 6.07) is 20.0. The minimum atomic E-state index is -4.15. The minimum absolute atomic E-state index is 0.0664. The molecule has 0 heterocycles. The van der Waals surface area contributed by atoms with Gasteiger partial charge in [0.25, 0.3) is 10.0 Å². The molecule has 10 heteroatoms. The van der Waals surface area contributed by atoms with Crippen LogP contribution >= 0.6 is 11.8 Å². The fourth-order valence-electron chi connectivity index (χ4n) is 4.47. The van der Waals surface area contributed by atoms with E-state index in [1.807, 2.05) is 65.1 Å². The lowest BCUT2D eigenvalue weighted by molar-refractivity contribution is -0.140. The van der Waals surface area contributed by atoms with Gasteiger partial charge in [0.15, 0.2) is 0 Å². The van der Waals surface area contributed by atoms with E-state index in [2.05, 4.69) is 5.32 Å². The summed E-state index contributed by atoms with van der Waals surface area (Å²) >= 11 is 1.51. The number of hydrogen-bond donors (Lipinski definition) is 1. The van der Waals surface area contributed by atoms with Crippen LogP contribution in [-0.2, 0) is 26.2 Å². The third kappa shape index (κ3) is 8.51. The molecule has 0 radical (unpaired) electrons. The normalized spacial score (nSPS) is 12.1. The Morgan fingerprint density at radius 3 is 2.07 bits per heavy atom. The first-order chi connectivity index (χ1) is 20.0. The molecule has 0 fully saturated rings. The zero-order valence-corrected chi connectivity index (χ0v) is 26.8. The molecule has 8 nitrogen and oxygen atoms in total. The molecule has 0 spiro atoms. The molecule has 2 amide bonds. The number of amides is 2. The molecular formula is C32H41N3O5S2. The van der Waals surface area contributed by atoms with Crippen molar-refractivity contribution in [1.82, 2.24) is 10.2 Å². The molecule has 1 N–H and O–H groups in total. The van der Waals surface area contributed by atoms with Crippen molar-refractivity contribution >= 4 is 39.3 Å². The van der Waals surface area contributed by atoms with Crippen LogP contribution in [0, 0.1) is 6.92 Å². The lowest BCUT2D eigenvalue weighted by Crippen LogP contribution is -2.53. The first-order valence-electron chi connectivity index (χ1n) is 14.0. The Bertz CT molecular complexity index is 1420. The molecule has 0 aliphatic rings. The van der Waals surface area contributed by atoms with Gasteiger partial charge in [0, 0.05) is 17.5 Å². The number of benzene rings is 3. The van der Waals surface area contributed by atoms with Crippen LogP contribution in [-0.4, -0.2) is 56.6 Å². The van der Waals surface area contributed by atoms with Gasteiger partial charge in [0.2, 0.25) is 11.8 Å². The van der Waals surface area contributed by atoms with E-state index in [0.717, 1.165) is 20.3 Å². The Balaban J connectivity index is 2.06.